The lowest BCUT2D eigenvalue weighted by Crippen LogP contribution is -2.29. The van der Waals surface area contributed by atoms with Gasteiger partial charge in [0.15, 0.2) is 11.5 Å². The molecule has 0 radical (unpaired) electrons. The molecule has 2 amide bonds. The molecule has 6 nitrogen and oxygen atoms in total. The summed E-state index contributed by atoms with van der Waals surface area (Å²) < 4.78 is 5.75. The van der Waals surface area contributed by atoms with Crippen LogP contribution in [0, 0.1) is 0 Å². The highest BCUT2D eigenvalue weighted by molar-refractivity contribution is 6.30. The molecule has 2 heterocycles. The van der Waals surface area contributed by atoms with Gasteiger partial charge in [-0.1, -0.05) is 23.7 Å². The summed E-state index contributed by atoms with van der Waals surface area (Å²) in [6, 6.07) is 12.1. The Morgan fingerprint density at radius 2 is 1.93 bits per heavy atom. The van der Waals surface area contributed by atoms with Gasteiger partial charge >= 0.3 is 0 Å². The number of anilines is 1. The second-order valence-electron chi connectivity index (χ2n) is 7.49. The minimum Gasteiger partial charge on any atom is -0.449 e. The van der Waals surface area contributed by atoms with Gasteiger partial charge < -0.3 is 20.3 Å². The first-order valence-electron chi connectivity index (χ1n) is 10.2. The molecular weight excluding hydrogens is 402 g/mol. The lowest BCUT2D eigenvalue weighted by atomic mass is 10.1. The molecule has 0 atom stereocenters. The number of fused-ring (bicyclic) bond motifs is 1. The summed E-state index contributed by atoms with van der Waals surface area (Å²) in [5, 5.41) is 6.37. The first-order chi connectivity index (χ1) is 14.6. The lowest BCUT2D eigenvalue weighted by molar-refractivity contribution is -0.115. The van der Waals surface area contributed by atoms with Crippen molar-refractivity contribution < 1.29 is 14.3 Å². The maximum atomic E-state index is 12.4. The number of likely N-dealkylation sites (tertiary alicyclic amines) is 1. The van der Waals surface area contributed by atoms with Crippen molar-refractivity contribution in [1.29, 1.82) is 0 Å². The first kappa shape index (κ1) is 20.4. The van der Waals surface area contributed by atoms with E-state index in [1.165, 1.54) is 12.8 Å². The van der Waals surface area contributed by atoms with Crippen molar-refractivity contribution in [1.82, 2.24) is 10.2 Å². The first-order valence-corrected chi connectivity index (χ1v) is 10.6. The van der Waals surface area contributed by atoms with Crippen LogP contribution in [0.1, 0.15) is 35.2 Å². The summed E-state index contributed by atoms with van der Waals surface area (Å²) in [5.41, 5.74) is 1.78. The number of amides is 2. The van der Waals surface area contributed by atoms with Gasteiger partial charge in [-0.15, -0.1) is 0 Å². The molecule has 2 N–H and O–H groups in total. The van der Waals surface area contributed by atoms with Gasteiger partial charge in [0.05, 0.1) is 5.69 Å². The molecule has 1 saturated heterocycles. The number of carbonyl (C=O) groups is 2. The van der Waals surface area contributed by atoms with Crippen LogP contribution in [0.2, 0.25) is 5.02 Å². The second kappa shape index (κ2) is 9.32. The number of halogens is 1. The normalized spacial score (nSPS) is 17.4. The van der Waals surface area contributed by atoms with Crippen LogP contribution in [0.5, 0.6) is 5.75 Å². The van der Waals surface area contributed by atoms with Crippen molar-refractivity contribution in [3.63, 3.8) is 0 Å². The van der Waals surface area contributed by atoms with E-state index in [2.05, 4.69) is 15.5 Å². The van der Waals surface area contributed by atoms with Gasteiger partial charge in [-0.2, -0.15) is 0 Å². The van der Waals surface area contributed by atoms with Crippen LogP contribution >= 0.6 is 11.6 Å². The van der Waals surface area contributed by atoms with Crippen molar-refractivity contribution in [2.45, 2.75) is 19.3 Å². The Hall–Kier alpha value is -2.83. The largest absolute Gasteiger partial charge is 0.449 e. The Labute approximate surface area is 180 Å². The molecule has 7 heteroatoms. The molecule has 30 heavy (non-hydrogen) atoms. The molecule has 0 unspecified atom stereocenters. The van der Waals surface area contributed by atoms with Crippen molar-refractivity contribution in [2.24, 2.45) is 0 Å². The molecular formula is C23H24ClN3O3. The maximum absolute atomic E-state index is 12.4. The number of nitrogens with zero attached hydrogens (tertiary/aromatic N) is 1. The molecule has 0 bridgehead atoms. The van der Waals surface area contributed by atoms with Crippen LogP contribution in [0.4, 0.5) is 5.69 Å². The minimum atomic E-state index is -0.361. The van der Waals surface area contributed by atoms with Crippen LogP contribution in [-0.2, 0) is 4.79 Å². The van der Waals surface area contributed by atoms with E-state index < -0.39 is 0 Å². The minimum absolute atomic E-state index is 0.157. The zero-order valence-electron chi connectivity index (χ0n) is 16.6. The highest BCUT2D eigenvalue weighted by Crippen LogP contribution is 2.32. The van der Waals surface area contributed by atoms with Gasteiger partial charge in [0.25, 0.3) is 11.8 Å². The van der Waals surface area contributed by atoms with Crippen LogP contribution in [-0.4, -0.2) is 42.9 Å². The third kappa shape index (κ3) is 5.01. The van der Waals surface area contributed by atoms with Crippen LogP contribution < -0.4 is 15.4 Å². The van der Waals surface area contributed by atoms with Gasteiger partial charge in [-0.3, -0.25) is 9.59 Å². The molecule has 2 aromatic carbocycles. The Bertz CT molecular complexity index is 966. The van der Waals surface area contributed by atoms with E-state index in [0.717, 1.165) is 31.6 Å². The van der Waals surface area contributed by atoms with Gasteiger partial charge in [-0.05, 0) is 80.9 Å². The molecule has 0 aliphatic carbocycles. The highest BCUT2D eigenvalue weighted by atomic mass is 35.5. The van der Waals surface area contributed by atoms with Crippen molar-refractivity contribution >= 4 is 35.2 Å². The second-order valence-corrected chi connectivity index (χ2v) is 7.92. The molecule has 2 aliphatic heterocycles. The third-order valence-electron chi connectivity index (χ3n) is 5.24. The van der Waals surface area contributed by atoms with E-state index in [0.29, 0.717) is 28.6 Å². The summed E-state index contributed by atoms with van der Waals surface area (Å²) in [6.45, 7) is 3.96. The van der Waals surface area contributed by atoms with E-state index >= 15 is 0 Å². The van der Waals surface area contributed by atoms with E-state index in [1.807, 2.05) is 0 Å². The van der Waals surface area contributed by atoms with E-state index in [9.17, 15) is 9.59 Å². The zero-order valence-corrected chi connectivity index (χ0v) is 17.4. The third-order valence-corrected chi connectivity index (χ3v) is 5.49. The monoisotopic (exact) mass is 425 g/mol. The summed E-state index contributed by atoms with van der Waals surface area (Å²) in [6.07, 6.45) is 5.11. The fourth-order valence-electron chi connectivity index (χ4n) is 3.62. The average molecular weight is 426 g/mol. The van der Waals surface area contributed by atoms with Crippen molar-refractivity contribution in [3.8, 4) is 5.75 Å². The standard InChI is InChI=1S/C23H24ClN3O3/c24-18-7-4-16(5-8-18)14-21-23(29)26-19-15-17(6-9-20(19)30-21)22(28)25-10-3-13-27-11-1-2-12-27/h4-9,14-15H,1-3,10-13H2,(H,25,28)(H,26,29)/b21-14+. The number of hydrogen-bond donors (Lipinski definition) is 2. The molecule has 1 fully saturated rings. The topological polar surface area (TPSA) is 70.7 Å². The Morgan fingerprint density at radius 3 is 2.70 bits per heavy atom. The summed E-state index contributed by atoms with van der Waals surface area (Å²) in [7, 11) is 0. The van der Waals surface area contributed by atoms with Gasteiger partial charge in [0.1, 0.15) is 0 Å². The van der Waals surface area contributed by atoms with Crippen LogP contribution in [0.15, 0.2) is 48.2 Å². The molecule has 0 spiro atoms. The number of nitrogens with one attached hydrogen (secondary N) is 2. The Balaban J connectivity index is 1.37. The summed E-state index contributed by atoms with van der Waals surface area (Å²) >= 11 is 5.89. The summed E-state index contributed by atoms with van der Waals surface area (Å²) in [5.74, 6) is 0.168. The fraction of sp³-hybridized carbons (Fsp3) is 0.304. The van der Waals surface area contributed by atoms with Crippen molar-refractivity contribution in [2.75, 3.05) is 31.5 Å². The summed E-state index contributed by atoms with van der Waals surface area (Å²) in [4.78, 5) is 27.3. The van der Waals surface area contributed by atoms with E-state index in [-0.39, 0.29) is 17.6 Å². The van der Waals surface area contributed by atoms with E-state index in [4.69, 9.17) is 16.3 Å². The smallest absolute Gasteiger partial charge is 0.291 e. The molecule has 2 aliphatic rings. The van der Waals surface area contributed by atoms with Crippen molar-refractivity contribution in [3.05, 3.63) is 64.4 Å². The predicted octanol–water partition coefficient (Wildman–Crippen LogP) is 3.93. The number of ether oxygens (including phenoxy) is 1. The quantitative estimate of drug-likeness (QED) is 0.543. The van der Waals surface area contributed by atoms with Gasteiger partial charge in [0, 0.05) is 17.1 Å². The SMILES string of the molecule is O=C1Nc2cc(C(=O)NCCCN3CCCC3)ccc2O/C1=C/c1ccc(Cl)cc1. The van der Waals surface area contributed by atoms with Crippen LogP contribution in [0.25, 0.3) is 6.08 Å². The number of rotatable bonds is 6. The zero-order chi connectivity index (χ0) is 20.9. The van der Waals surface area contributed by atoms with E-state index in [1.54, 1.807) is 48.5 Å². The molecule has 4 rings (SSSR count). The van der Waals surface area contributed by atoms with Gasteiger partial charge in [0.2, 0.25) is 0 Å². The molecule has 0 saturated carbocycles. The Morgan fingerprint density at radius 1 is 1.17 bits per heavy atom. The molecule has 0 aromatic heterocycles. The van der Waals surface area contributed by atoms with Gasteiger partial charge in [-0.25, -0.2) is 0 Å². The number of carbonyl (C=O) groups excluding carboxylic acids is 2. The predicted molar refractivity (Wildman–Crippen MR) is 118 cm³/mol. The molecule has 2 aromatic rings. The Kier molecular flexibility index (Phi) is 6.35. The highest BCUT2D eigenvalue weighted by Gasteiger charge is 2.23. The lowest BCUT2D eigenvalue weighted by Gasteiger charge is -2.20. The number of benzene rings is 2. The fourth-order valence-corrected chi connectivity index (χ4v) is 3.75. The molecule has 156 valence electrons. The number of hydrogen-bond acceptors (Lipinski definition) is 4. The van der Waals surface area contributed by atoms with Crippen LogP contribution in [0.3, 0.4) is 0 Å². The average Bonchev–Trinajstić information content (AvgIpc) is 3.26. The maximum Gasteiger partial charge on any atom is 0.291 e.